The molecule has 0 unspecified atom stereocenters. The van der Waals surface area contributed by atoms with Crippen LogP contribution in [0.25, 0.3) is 6.08 Å². The van der Waals surface area contributed by atoms with Crippen molar-refractivity contribution in [3.05, 3.63) is 64.6 Å². The number of amides is 1. The quantitative estimate of drug-likeness (QED) is 0.541. The number of likely N-dealkylation sites (N-methyl/N-ethyl adjacent to an activating group) is 1. The number of carbonyl (C=O) groups is 1. The zero-order valence-electron chi connectivity index (χ0n) is 14.6. The highest BCUT2D eigenvalue weighted by molar-refractivity contribution is 8.26. The molecule has 26 heavy (non-hydrogen) atoms. The number of nitrogens with zero attached hydrogens (tertiary/aromatic N) is 1. The zero-order valence-corrected chi connectivity index (χ0v) is 16.2. The van der Waals surface area contributed by atoms with Crippen LogP contribution >= 0.6 is 24.0 Å². The third kappa shape index (κ3) is 4.08. The SMILES string of the molecule is CCN1C(=O)/C(=C\c2ccc(OC)c(OCc3ccccc3)c2)SC1=S. The molecular weight excluding hydrogens is 366 g/mol. The predicted molar refractivity (Wildman–Crippen MR) is 109 cm³/mol. The van der Waals surface area contributed by atoms with Crippen LogP contribution in [0.4, 0.5) is 0 Å². The number of rotatable bonds is 6. The molecule has 2 aromatic carbocycles. The number of benzene rings is 2. The second kappa shape index (κ2) is 8.38. The Balaban J connectivity index is 1.82. The monoisotopic (exact) mass is 385 g/mol. The van der Waals surface area contributed by atoms with Crippen LogP contribution in [0.1, 0.15) is 18.1 Å². The molecule has 0 atom stereocenters. The second-order valence-electron chi connectivity index (χ2n) is 5.61. The molecule has 0 bridgehead atoms. The lowest BCUT2D eigenvalue weighted by atomic mass is 10.1. The van der Waals surface area contributed by atoms with E-state index in [2.05, 4.69) is 0 Å². The third-order valence-electron chi connectivity index (χ3n) is 3.91. The van der Waals surface area contributed by atoms with E-state index in [9.17, 15) is 4.79 Å². The highest BCUT2D eigenvalue weighted by Crippen LogP contribution is 2.34. The van der Waals surface area contributed by atoms with Gasteiger partial charge in [0, 0.05) is 6.54 Å². The molecule has 0 aliphatic carbocycles. The van der Waals surface area contributed by atoms with Crippen molar-refractivity contribution in [2.75, 3.05) is 13.7 Å². The lowest BCUT2D eigenvalue weighted by Gasteiger charge is -2.12. The lowest BCUT2D eigenvalue weighted by Crippen LogP contribution is -2.27. The summed E-state index contributed by atoms with van der Waals surface area (Å²) < 4.78 is 11.9. The maximum Gasteiger partial charge on any atom is 0.266 e. The summed E-state index contributed by atoms with van der Waals surface area (Å²) in [5, 5.41) is 0. The molecule has 2 aromatic rings. The Bertz CT molecular complexity index is 849. The van der Waals surface area contributed by atoms with Gasteiger partial charge in [-0.1, -0.05) is 60.4 Å². The highest BCUT2D eigenvalue weighted by Gasteiger charge is 2.30. The Morgan fingerprint density at radius 1 is 1.15 bits per heavy atom. The van der Waals surface area contributed by atoms with Crippen molar-refractivity contribution in [2.45, 2.75) is 13.5 Å². The lowest BCUT2D eigenvalue weighted by molar-refractivity contribution is -0.121. The predicted octanol–water partition coefficient (Wildman–Crippen LogP) is 4.50. The molecule has 3 rings (SSSR count). The zero-order chi connectivity index (χ0) is 18.5. The fourth-order valence-corrected chi connectivity index (χ4v) is 3.94. The molecule has 4 nitrogen and oxygen atoms in total. The fraction of sp³-hybridized carbons (Fsp3) is 0.200. The molecule has 0 saturated carbocycles. The first-order valence-electron chi connectivity index (χ1n) is 8.22. The average Bonchev–Trinajstić information content (AvgIpc) is 2.93. The molecule has 0 aromatic heterocycles. The van der Waals surface area contributed by atoms with Crippen LogP contribution in [-0.2, 0) is 11.4 Å². The minimum Gasteiger partial charge on any atom is -0.493 e. The summed E-state index contributed by atoms with van der Waals surface area (Å²) in [7, 11) is 1.61. The van der Waals surface area contributed by atoms with E-state index in [1.165, 1.54) is 11.8 Å². The number of ether oxygens (including phenoxy) is 2. The number of hydrogen-bond acceptors (Lipinski definition) is 5. The summed E-state index contributed by atoms with van der Waals surface area (Å²) in [5.41, 5.74) is 1.94. The molecule has 1 heterocycles. The van der Waals surface area contributed by atoms with Gasteiger partial charge in [0.2, 0.25) is 0 Å². The summed E-state index contributed by atoms with van der Waals surface area (Å²) in [6, 6.07) is 15.5. The highest BCUT2D eigenvalue weighted by atomic mass is 32.2. The summed E-state index contributed by atoms with van der Waals surface area (Å²) in [4.78, 5) is 14.6. The Hall–Kier alpha value is -2.31. The molecule has 0 N–H and O–H groups in total. The van der Waals surface area contributed by atoms with Crippen LogP contribution in [0.3, 0.4) is 0 Å². The summed E-state index contributed by atoms with van der Waals surface area (Å²) in [6.07, 6.45) is 1.84. The minimum atomic E-state index is -0.0509. The molecule has 1 amide bonds. The van der Waals surface area contributed by atoms with Crippen LogP contribution < -0.4 is 9.47 Å². The van der Waals surface area contributed by atoms with E-state index in [4.69, 9.17) is 21.7 Å². The molecule has 0 radical (unpaired) electrons. The van der Waals surface area contributed by atoms with Crippen molar-refractivity contribution < 1.29 is 14.3 Å². The van der Waals surface area contributed by atoms with Gasteiger partial charge in [-0.25, -0.2) is 0 Å². The largest absolute Gasteiger partial charge is 0.493 e. The number of thiocarbonyl (C=S) groups is 1. The summed E-state index contributed by atoms with van der Waals surface area (Å²) in [5.74, 6) is 1.24. The Labute approximate surface area is 162 Å². The van der Waals surface area contributed by atoms with Gasteiger partial charge in [-0.2, -0.15) is 0 Å². The topological polar surface area (TPSA) is 38.8 Å². The fourth-order valence-electron chi connectivity index (χ4n) is 2.56. The van der Waals surface area contributed by atoms with Gasteiger partial charge < -0.3 is 9.47 Å². The molecule has 1 saturated heterocycles. The van der Waals surface area contributed by atoms with E-state index in [0.717, 1.165) is 11.1 Å². The van der Waals surface area contributed by atoms with E-state index in [1.807, 2.05) is 61.5 Å². The summed E-state index contributed by atoms with van der Waals surface area (Å²) in [6.45, 7) is 2.94. The van der Waals surface area contributed by atoms with E-state index >= 15 is 0 Å². The van der Waals surface area contributed by atoms with Crippen molar-refractivity contribution in [1.82, 2.24) is 4.90 Å². The van der Waals surface area contributed by atoms with Gasteiger partial charge in [0.15, 0.2) is 11.5 Å². The minimum absolute atomic E-state index is 0.0509. The van der Waals surface area contributed by atoms with Crippen LogP contribution in [0.2, 0.25) is 0 Å². The summed E-state index contributed by atoms with van der Waals surface area (Å²) >= 11 is 6.58. The molecule has 1 aliphatic rings. The van der Waals surface area contributed by atoms with E-state index < -0.39 is 0 Å². The van der Waals surface area contributed by atoms with Gasteiger partial charge in [0.1, 0.15) is 10.9 Å². The van der Waals surface area contributed by atoms with Gasteiger partial charge in [0.25, 0.3) is 5.91 Å². The molecule has 134 valence electrons. The van der Waals surface area contributed by atoms with Crippen LogP contribution in [0, 0.1) is 0 Å². The van der Waals surface area contributed by atoms with Gasteiger partial charge in [-0.05, 0) is 36.3 Å². The van der Waals surface area contributed by atoms with Crippen molar-refractivity contribution in [3.8, 4) is 11.5 Å². The molecule has 0 spiro atoms. The Morgan fingerprint density at radius 3 is 2.58 bits per heavy atom. The smallest absolute Gasteiger partial charge is 0.266 e. The van der Waals surface area contributed by atoms with Gasteiger partial charge in [0.05, 0.1) is 12.0 Å². The van der Waals surface area contributed by atoms with Crippen molar-refractivity contribution in [3.63, 3.8) is 0 Å². The molecule has 6 heteroatoms. The van der Waals surface area contributed by atoms with Gasteiger partial charge in [-0.3, -0.25) is 9.69 Å². The van der Waals surface area contributed by atoms with E-state index in [0.29, 0.717) is 33.9 Å². The normalized spacial score (nSPS) is 15.6. The standard InChI is InChI=1S/C20H19NO3S2/c1-3-21-19(22)18(26-20(21)25)12-15-9-10-16(23-2)17(11-15)24-13-14-7-5-4-6-8-14/h4-12H,3,13H2,1-2H3/b18-12+. The number of hydrogen-bond donors (Lipinski definition) is 0. The van der Waals surface area contributed by atoms with Crippen LogP contribution in [0.5, 0.6) is 11.5 Å². The number of methoxy groups -OCH3 is 1. The molecule has 1 fully saturated rings. The molecular formula is C20H19NO3S2. The number of thioether (sulfide) groups is 1. The Morgan fingerprint density at radius 2 is 1.92 bits per heavy atom. The van der Waals surface area contributed by atoms with E-state index in [1.54, 1.807) is 12.0 Å². The maximum absolute atomic E-state index is 12.4. The number of carbonyl (C=O) groups excluding carboxylic acids is 1. The average molecular weight is 386 g/mol. The van der Waals surface area contributed by atoms with Crippen LogP contribution in [0.15, 0.2) is 53.4 Å². The van der Waals surface area contributed by atoms with Gasteiger partial charge in [-0.15, -0.1) is 0 Å². The second-order valence-corrected chi connectivity index (χ2v) is 7.29. The van der Waals surface area contributed by atoms with E-state index in [-0.39, 0.29) is 5.91 Å². The maximum atomic E-state index is 12.4. The third-order valence-corrected chi connectivity index (χ3v) is 5.29. The molecule has 1 aliphatic heterocycles. The van der Waals surface area contributed by atoms with Crippen molar-refractivity contribution in [2.24, 2.45) is 0 Å². The first-order chi connectivity index (χ1) is 12.6. The first-order valence-corrected chi connectivity index (χ1v) is 9.45. The van der Waals surface area contributed by atoms with Crippen LogP contribution in [-0.4, -0.2) is 28.8 Å². The Kier molecular flexibility index (Phi) is 5.96. The first kappa shape index (κ1) is 18.5. The van der Waals surface area contributed by atoms with Gasteiger partial charge >= 0.3 is 0 Å². The van der Waals surface area contributed by atoms with Crippen molar-refractivity contribution in [1.29, 1.82) is 0 Å². The van der Waals surface area contributed by atoms with Crippen molar-refractivity contribution >= 4 is 40.3 Å².